The van der Waals surface area contributed by atoms with Gasteiger partial charge in [-0.05, 0) is 90.0 Å². The van der Waals surface area contributed by atoms with E-state index in [0.717, 1.165) is 0 Å². The average molecular weight is 729 g/mol. The van der Waals surface area contributed by atoms with Gasteiger partial charge < -0.3 is 52.1 Å². The number of ether oxygens (including phenoxy) is 11. The molecule has 0 aliphatic rings. The van der Waals surface area contributed by atoms with Gasteiger partial charge in [-0.3, -0.25) is 0 Å². The molecule has 50 heavy (non-hydrogen) atoms. The predicted molar refractivity (Wildman–Crippen MR) is 193 cm³/mol. The van der Waals surface area contributed by atoms with Gasteiger partial charge in [-0.25, -0.2) is 9.78 Å². The van der Waals surface area contributed by atoms with Gasteiger partial charge in [-0.15, -0.1) is 0 Å². The zero-order valence-electron chi connectivity index (χ0n) is 34.0. The lowest BCUT2D eigenvalue weighted by atomic mass is 10.3. The Morgan fingerprint density at radius 3 is 0.620 bits per heavy atom. The van der Waals surface area contributed by atoms with Crippen molar-refractivity contribution in [1.29, 1.82) is 0 Å². The minimum atomic E-state index is -0.0872. The van der Waals surface area contributed by atoms with E-state index in [0.29, 0.717) is 72.7 Å². The third-order valence-electron chi connectivity index (χ3n) is 7.12. The number of methoxy groups -OCH3 is 1. The molecule has 0 heterocycles. The van der Waals surface area contributed by atoms with Crippen molar-refractivity contribution in [2.24, 2.45) is 0 Å². The molecule has 0 fully saturated rings. The molecule has 11 unspecified atom stereocenters. The summed E-state index contributed by atoms with van der Waals surface area (Å²) in [6.07, 6.45) is -0.575. The van der Waals surface area contributed by atoms with E-state index >= 15 is 0 Å². The van der Waals surface area contributed by atoms with Crippen molar-refractivity contribution in [3.63, 3.8) is 0 Å². The van der Waals surface area contributed by atoms with Crippen LogP contribution in [-0.2, 0) is 61.9 Å². The normalized spacial score (nSPS) is 19.0. The summed E-state index contributed by atoms with van der Waals surface area (Å²) in [6.45, 7) is 30.7. The average Bonchev–Trinajstić information content (AvgIpc) is 3.08. The van der Waals surface area contributed by atoms with Crippen LogP contribution in [0.5, 0.6) is 0 Å². The number of hydrogen-bond donors (Lipinski definition) is 0. The second kappa shape index (κ2) is 30.9. The molecule has 11 atom stereocenters. The van der Waals surface area contributed by atoms with E-state index in [4.69, 9.17) is 61.9 Å². The summed E-state index contributed by atoms with van der Waals surface area (Å²) in [4.78, 5) is 10.2. The fourth-order valence-electron chi connectivity index (χ4n) is 3.82. The Hall–Kier alpha value is -0.520. The Kier molecular flexibility index (Phi) is 30.6. The van der Waals surface area contributed by atoms with Crippen LogP contribution in [0.2, 0.25) is 0 Å². The summed E-state index contributed by atoms with van der Waals surface area (Å²) in [5.74, 6) is 0. The lowest BCUT2D eigenvalue weighted by Gasteiger charge is -2.23. The Morgan fingerprint density at radius 1 is 0.260 bits per heavy atom. The summed E-state index contributed by atoms with van der Waals surface area (Å²) >= 11 is 0. The van der Waals surface area contributed by atoms with Crippen molar-refractivity contribution in [3.05, 3.63) is 0 Å². The minimum absolute atomic E-state index is 0.00987. The zero-order chi connectivity index (χ0) is 37.9. The second-order valence-electron chi connectivity index (χ2n) is 13.9. The van der Waals surface area contributed by atoms with Crippen LogP contribution in [0.25, 0.3) is 0 Å². The van der Waals surface area contributed by atoms with Crippen molar-refractivity contribution in [3.8, 4) is 0 Å². The van der Waals surface area contributed by atoms with Gasteiger partial charge in [0.1, 0.15) is 6.61 Å². The maximum Gasteiger partial charge on any atom is 0.108 e. The molecule has 0 rings (SSSR count). The highest BCUT2D eigenvalue weighted by molar-refractivity contribution is 4.61. The van der Waals surface area contributed by atoms with Crippen LogP contribution in [0.4, 0.5) is 0 Å². The van der Waals surface area contributed by atoms with E-state index in [2.05, 4.69) is 0 Å². The summed E-state index contributed by atoms with van der Waals surface area (Å²) in [6, 6.07) is 0. The maximum absolute atomic E-state index is 5.94. The molecule has 13 nitrogen and oxygen atoms in total. The minimum Gasteiger partial charge on any atom is -0.379 e. The van der Waals surface area contributed by atoms with Crippen LogP contribution in [0.3, 0.4) is 0 Å². The predicted octanol–water partition coefficient (Wildman–Crippen LogP) is 5.43. The van der Waals surface area contributed by atoms with E-state index in [1.807, 2.05) is 90.0 Å². The Bertz CT molecular complexity index is 748. The molecule has 0 saturated carbocycles. The zero-order valence-corrected chi connectivity index (χ0v) is 34.0. The first kappa shape index (κ1) is 49.5. The van der Waals surface area contributed by atoms with Crippen molar-refractivity contribution in [2.45, 2.75) is 163 Å². The monoisotopic (exact) mass is 729 g/mol. The molecule has 0 N–H and O–H groups in total. The van der Waals surface area contributed by atoms with Crippen molar-refractivity contribution in [2.75, 3.05) is 79.8 Å². The highest BCUT2D eigenvalue weighted by Gasteiger charge is 2.16. The molecule has 0 amide bonds. The Balaban J connectivity index is 3.92. The van der Waals surface area contributed by atoms with Crippen LogP contribution < -0.4 is 0 Å². The van der Waals surface area contributed by atoms with Gasteiger partial charge in [0.25, 0.3) is 0 Å². The molecule has 0 bridgehead atoms. The molecule has 0 spiro atoms. The lowest BCUT2D eigenvalue weighted by molar-refractivity contribution is -0.327. The lowest BCUT2D eigenvalue weighted by Crippen LogP contribution is -2.31. The largest absolute Gasteiger partial charge is 0.379 e. The van der Waals surface area contributed by atoms with Crippen LogP contribution in [0.1, 0.15) is 90.0 Å². The number of hydrogen-bond acceptors (Lipinski definition) is 13. The molecule has 302 valence electrons. The molecule has 0 radical (unpaired) electrons. The van der Waals surface area contributed by atoms with Crippen LogP contribution in [0.15, 0.2) is 0 Å². The first-order chi connectivity index (χ1) is 23.6. The molecular formula is C37H76O13. The van der Waals surface area contributed by atoms with Crippen molar-refractivity contribution < 1.29 is 61.9 Å². The second-order valence-corrected chi connectivity index (χ2v) is 13.9. The van der Waals surface area contributed by atoms with Gasteiger partial charge in [0.15, 0.2) is 0 Å². The van der Waals surface area contributed by atoms with Crippen LogP contribution >= 0.6 is 0 Å². The van der Waals surface area contributed by atoms with Crippen molar-refractivity contribution in [1.82, 2.24) is 0 Å². The van der Waals surface area contributed by atoms with E-state index in [9.17, 15) is 0 Å². The van der Waals surface area contributed by atoms with E-state index in [-0.39, 0.29) is 73.2 Å². The summed E-state index contributed by atoms with van der Waals surface area (Å²) in [5.41, 5.74) is 0. The van der Waals surface area contributed by atoms with Gasteiger partial charge in [-0.2, -0.15) is 0 Å². The fourth-order valence-corrected chi connectivity index (χ4v) is 3.82. The highest BCUT2D eigenvalue weighted by atomic mass is 17.2. The van der Waals surface area contributed by atoms with Crippen LogP contribution in [0, 0.1) is 0 Å². The molecular weight excluding hydrogens is 652 g/mol. The fraction of sp³-hybridized carbons (Fsp3) is 1.00. The topological polar surface area (TPSA) is 120 Å². The molecule has 0 aliphatic carbocycles. The number of rotatable bonds is 35. The molecule has 0 aliphatic heterocycles. The third kappa shape index (κ3) is 31.0. The van der Waals surface area contributed by atoms with E-state index < -0.39 is 0 Å². The summed E-state index contributed by atoms with van der Waals surface area (Å²) < 4.78 is 63.9. The van der Waals surface area contributed by atoms with Gasteiger partial charge in [0.2, 0.25) is 0 Å². The Morgan fingerprint density at radius 2 is 0.440 bits per heavy atom. The highest BCUT2D eigenvalue weighted by Crippen LogP contribution is 2.07. The first-order valence-corrected chi connectivity index (χ1v) is 18.6. The molecule has 13 heteroatoms. The quantitative estimate of drug-likeness (QED) is 0.0610. The third-order valence-corrected chi connectivity index (χ3v) is 7.12. The Labute approximate surface area is 304 Å². The van der Waals surface area contributed by atoms with E-state index in [1.165, 1.54) is 0 Å². The molecule has 0 aromatic heterocycles. The van der Waals surface area contributed by atoms with Gasteiger partial charge >= 0.3 is 0 Å². The maximum atomic E-state index is 5.94. The first-order valence-electron chi connectivity index (χ1n) is 18.6. The summed E-state index contributed by atoms with van der Waals surface area (Å²) in [5, 5.41) is 0. The SMILES string of the molecule is COC(C)COC(C)COC(C)COC(C)COC(C)COC(C)COC(C)COC(C)COC(C)COC(C)COC(C)COOC(C)C. The van der Waals surface area contributed by atoms with Gasteiger partial charge in [-0.1, -0.05) is 0 Å². The van der Waals surface area contributed by atoms with Gasteiger partial charge in [0, 0.05) is 7.11 Å². The smallest absolute Gasteiger partial charge is 0.108 e. The molecule has 0 aromatic carbocycles. The summed E-state index contributed by atoms with van der Waals surface area (Å²) in [7, 11) is 1.67. The molecule has 0 saturated heterocycles. The van der Waals surface area contributed by atoms with E-state index in [1.54, 1.807) is 7.11 Å². The van der Waals surface area contributed by atoms with Crippen molar-refractivity contribution >= 4 is 0 Å². The van der Waals surface area contributed by atoms with Gasteiger partial charge in [0.05, 0.1) is 139 Å². The standard InChI is InChI=1S/C37H76O13/c1-26(2)50-49-25-37(13)48-24-36(12)47-23-35(11)46-22-34(10)45-21-33(9)44-20-32(8)43-19-31(7)42-18-30(6)41-17-29(5)40-16-28(4)39-15-27(3)38-14/h26-37H,15-25H2,1-14H3. The van der Waals surface area contributed by atoms with Crippen LogP contribution in [-0.4, -0.2) is 153 Å². The molecule has 0 aromatic rings.